The molecule has 0 radical (unpaired) electrons. The molecule has 3 saturated heterocycles. The lowest BCUT2D eigenvalue weighted by Crippen LogP contribution is -2.61. The normalized spacial score (nSPS) is 27.3. The molecule has 8 nitrogen and oxygen atoms in total. The molecule has 0 N–H and O–H groups in total. The Morgan fingerprint density at radius 3 is 2.69 bits per heavy atom. The Kier molecular flexibility index (Phi) is 5.94. The van der Waals surface area contributed by atoms with Gasteiger partial charge < -0.3 is 23.7 Å². The van der Waals surface area contributed by atoms with E-state index >= 15 is 0 Å². The SMILES string of the molecule is CC1(C)CCc2c(cc(OCC(=O)N3C[C@H]4C[C@@H](C3)[C@H]3CCCC(=O)N3C4)c3c4c(c(=O)oc23)CCCC4)O1. The second kappa shape index (κ2) is 9.27. The van der Waals surface area contributed by atoms with Gasteiger partial charge in [0.05, 0.1) is 5.39 Å². The van der Waals surface area contributed by atoms with Crippen molar-refractivity contribution in [1.82, 2.24) is 9.80 Å². The van der Waals surface area contributed by atoms with Crippen LogP contribution in [0.15, 0.2) is 15.3 Å². The Bertz CT molecular complexity index is 1410. The lowest BCUT2D eigenvalue weighted by molar-refractivity contribution is -0.149. The van der Waals surface area contributed by atoms with Crippen LogP contribution < -0.4 is 15.1 Å². The summed E-state index contributed by atoms with van der Waals surface area (Å²) in [7, 11) is 0. The fourth-order valence-electron chi connectivity index (χ4n) is 7.87. The van der Waals surface area contributed by atoms with Gasteiger partial charge in [-0.15, -0.1) is 0 Å². The largest absolute Gasteiger partial charge is 0.487 e. The van der Waals surface area contributed by atoms with Gasteiger partial charge in [0, 0.05) is 49.3 Å². The van der Waals surface area contributed by atoms with Gasteiger partial charge in [0.25, 0.3) is 5.91 Å². The van der Waals surface area contributed by atoms with Crippen LogP contribution >= 0.6 is 0 Å². The van der Waals surface area contributed by atoms with Gasteiger partial charge in [0.2, 0.25) is 5.91 Å². The molecule has 1 aliphatic carbocycles. The Hall–Kier alpha value is -3.03. The third-order valence-electron chi connectivity index (χ3n) is 9.76. The smallest absolute Gasteiger partial charge is 0.339 e. The first-order valence-electron chi connectivity index (χ1n) is 14.8. The molecule has 3 fully saturated rings. The van der Waals surface area contributed by atoms with E-state index in [2.05, 4.69) is 18.7 Å². The second-order valence-electron chi connectivity index (χ2n) is 12.9. The van der Waals surface area contributed by atoms with Crippen LogP contribution in [0.5, 0.6) is 11.5 Å². The lowest BCUT2D eigenvalue weighted by atomic mass is 9.76. The molecule has 2 amide bonds. The Labute approximate surface area is 228 Å². The molecular weight excluding hydrogens is 496 g/mol. The van der Waals surface area contributed by atoms with E-state index < -0.39 is 0 Å². The molecule has 0 unspecified atom stereocenters. The molecule has 5 aliphatic rings. The van der Waals surface area contributed by atoms with Crippen molar-refractivity contribution in [2.45, 2.75) is 89.7 Å². The van der Waals surface area contributed by atoms with Gasteiger partial charge in [-0.05, 0) is 89.0 Å². The number of rotatable bonds is 3. The first kappa shape index (κ1) is 25.0. The Morgan fingerprint density at radius 2 is 1.85 bits per heavy atom. The third-order valence-corrected chi connectivity index (χ3v) is 9.76. The number of nitrogens with zero attached hydrogens (tertiary/aromatic N) is 2. The average molecular weight is 535 g/mol. The zero-order valence-corrected chi connectivity index (χ0v) is 23.1. The number of amides is 2. The van der Waals surface area contributed by atoms with Crippen molar-refractivity contribution in [3.05, 3.63) is 33.2 Å². The number of likely N-dealkylation sites (tertiary alicyclic amines) is 1. The van der Waals surface area contributed by atoms with Crippen molar-refractivity contribution in [3.8, 4) is 11.5 Å². The molecule has 1 aromatic heterocycles. The van der Waals surface area contributed by atoms with Gasteiger partial charge in [-0.1, -0.05) is 0 Å². The highest BCUT2D eigenvalue weighted by molar-refractivity contribution is 5.93. The number of hydrogen-bond acceptors (Lipinski definition) is 6. The molecule has 0 spiro atoms. The number of aryl methyl sites for hydroxylation is 2. The van der Waals surface area contributed by atoms with Gasteiger partial charge in [-0.25, -0.2) is 4.79 Å². The minimum absolute atomic E-state index is 0.0290. The molecule has 1 aromatic carbocycles. The van der Waals surface area contributed by atoms with E-state index in [-0.39, 0.29) is 35.7 Å². The second-order valence-corrected chi connectivity index (χ2v) is 12.9. The summed E-state index contributed by atoms with van der Waals surface area (Å²) in [6, 6.07) is 2.18. The molecule has 4 aliphatic heterocycles. The molecular formula is C31H38N2O6. The van der Waals surface area contributed by atoms with Crippen LogP contribution in [0, 0.1) is 11.8 Å². The monoisotopic (exact) mass is 534 g/mol. The first-order chi connectivity index (χ1) is 18.8. The van der Waals surface area contributed by atoms with E-state index in [1.54, 1.807) is 0 Å². The Balaban J connectivity index is 1.18. The number of ether oxygens (including phenoxy) is 2. The zero-order valence-electron chi connectivity index (χ0n) is 23.1. The van der Waals surface area contributed by atoms with Gasteiger partial charge in [-0.2, -0.15) is 0 Å². The van der Waals surface area contributed by atoms with Crippen LogP contribution in [0.1, 0.15) is 75.5 Å². The summed E-state index contributed by atoms with van der Waals surface area (Å²) in [5.74, 6) is 2.16. The highest BCUT2D eigenvalue weighted by atomic mass is 16.5. The number of benzene rings is 1. The minimum Gasteiger partial charge on any atom is -0.487 e. The van der Waals surface area contributed by atoms with Crippen LogP contribution in [0.4, 0.5) is 0 Å². The van der Waals surface area contributed by atoms with Gasteiger partial charge in [0.15, 0.2) is 6.61 Å². The average Bonchev–Trinajstić information content (AvgIpc) is 2.91. The summed E-state index contributed by atoms with van der Waals surface area (Å²) in [6.45, 7) is 6.15. The van der Waals surface area contributed by atoms with Crippen molar-refractivity contribution in [1.29, 1.82) is 0 Å². The van der Waals surface area contributed by atoms with Crippen molar-refractivity contribution < 1.29 is 23.5 Å². The fraction of sp³-hybridized carbons (Fsp3) is 0.645. The number of carbonyl (C=O) groups is 2. The molecule has 2 aromatic rings. The van der Waals surface area contributed by atoms with Crippen LogP contribution in [-0.4, -0.2) is 59.5 Å². The van der Waals surface area contributed by atoms with Crippen molar-refractivity contribution in [3.63, 3.8) is 0 Å². The number of carbonyl (C=O) groups excluding carboxylic acids is 2. The summed E-state index contributed by atoms with van der Waals surface area (Å²) in [5.41, 5.74) is 2.65. The van der Waals surface area contributed by atoms with Gasteiger partial charge in [0.1, 0.15) is 22.7 Å². The maximum absolute atomic E-state index is 13.5. The van der Waals surface area contributed by atoms with Crippen molar-refractivity contribution in [2.75, 3.05) is 26.2 Å². The highest BCUT2D eigenvalue weighted by Crippen LogP contribution is 2.44. The van der Waals surface area contributed by atoms with E-state index in [1.165, 1.54) is 0 Å². The van der Waals surface area contributed by atoms with Crippen LogP contribution in [0.2, 0.25) is 0 Å². The molecule has 39 heavy (non-hydrogen) atoms. The predicted molar refractivity (Wildman–Crippen MR) is 145 cm³/mol. The van der Waals surface area contributed by atoms with Crippen LogP contribution in [0.3, 0.4) is 0 Å². The standard InChI is InChI=1S/C31H38N2O6/c1-31(2)11-10-22-24(39-31)13-25(28-20-6-3-4-7-21(20)30(36)38-29(22)28)37-17-27(35)32-14-18-12-19(16-32)23-8-5-9-26(34)33(23)15-18/h13,18-19,23H,3-12,14-17H2,1-2H3/t18-,19+,23-/m1/s1. The van der Waals surface area contributed by atoms with E-state index in [9.17, 15) is 14.4 Å². The Morgan fingerprint density at radius 1 is 1.03 bits per heavy atom. The third kappa shape index (κ3) is 4.30. The van der Waals surface area contributed by atoms with Crippen molar-refractivity contribution >= 4 is 22.8 Å². The molecule has 8 heteroatoms. The maximum Gasteiger partial charge on any atom is 0.339 e. The highest BCUT2D eigenvalue weighted by Gasteiger charge is 2.45. The number of piperidine rings is 3. The summed E-state index contributed by atoms with van der Waals surface area (Å²) < 4.78 is 18.6. The quantitative estimate of drug-likeness (QED) is 0.553. The van der Waals surface area contributed by atoms with Crippen molar-refractivity contribution in [2.24, 2.45) is 11.8 Å². The zero-order chi connectivity index (χ0) is 26.9. The van der Waals surface area contributed by atoms with Crippen LogP contribution in [0.25, 0.3) is 11.0 Å². The predicted octanol–water partition coefficient (Wildman–Crippen LogP) is 4.01. The first-order valence-corrected chi connectivity index (χ1v) is 14.8. The molecule has 5 heterocycles. The van der Waals surface area contributed by atoms with E-state index in [0.29, 0.717) is 54.8 Å². The van der Waals surface area contributed by atoms with E-state index in [4.69, 9.17) is 13.9 Å². The van der Waals surface area contributed by atoms with Gasteiger partial charge in [-0.3, -0.25) is 9.59 Å². The number of fused-ring (bicyclic) bond motifs is 9. The maximum atomic E-state index is 13.5. The van der Waals surface area contributed by atoms with E-state index in [0.717, 1.165) is 80.0 Å². The topological polar surface area (TPSA) is 89.3 Å². The summed E-state index contributed by atoms with van der Waals surface area (Å²) >= 11 is 0. The molecule has 2 bridgehead atoms. The molecule has 208 valence electrons. The minimum atomic E-state index is -0.331. The molecule has 0 saturated carbocycles. The fourth-order valence-corrected chi connectivity index (χ4v) is 7.87. The molecule has 3 atom stereocenters. The summed E-state index contributed by atoms with van der Waals surface area (Å²) in [4.78, 5) is 43.0. The van der Waals surface area contributed by atoms with Crippen LogP contribution in [-0.2, 0) is 28.9 Å². The number of hydrogen-bond donors (Lipinski definition) is 0. The van der Waals surface area contributed by atoms with Gasteiger partial charge >= 0.3 is 5.63 Å². The summed E-state index contributed by atoms with van der Waals surface area (Å²) in [6.07, 6.45) is 8.83. The summed E-state index contributed by atoms with van der Waals surface area (Å²) in [5, 5.41) is 0.839. The van der Waals surface area contributed by atoms with E-state index in [1.807, 2.05) is 11.0 Å². The lowest BCUT2D eigenvalue weighted by Gasteiger charge is -2.52. The molecule has 7 rings (SSSR count).